The van der Waals surface area contributed by atoms with Gasteiger partial charge in [0.05, 0.1) is 0 Å². The smallest absolute Gasteiger partial charge is 0.0236 e. The van der Waals surface area contributed by atoms with Gasteiger partial charge >= 0.3 is 0 Å². The molecule has 4 unspecified atom stereocenters. The molecular formula is C11H23N3. The highest BCUT2D eigenvalue weighted by atomic mass is 15.3. The van der Waals surface area contributed by atoms with Crippen molar-refractivity contribution in [3.05, 3.63) is 0 Å². The second-order valence-electron chi connectivity index (χ2n) is 5.07. The van der Waals surface area contributed by atoms with Crippen LogP contribution in [-0.2, 0) is 0 Å². The number of piperazine rings is 1. The number of hydrogen-bond acceptors (Lipinski definition) is 3. The fourth-order valence-electron chi connectivity index (χ4n) is 2.54. The van der Waals surface area contributed by atoms with E-state index >= 15 is 0 Å². The molecule has 2 N–H and O–H groups in total. The molecule has 14 heavy (non-hydrogen) atoms. The summed E-state index contributed by atoms with van der Waals surface area (Å²) in [7, 11) is 0. The summed E-state index contributed by atoms with van der Waals surface area (Å²) in [4.78, 5) is 5.23. The van der Waals surface area contributed by atoms with Crippen LogP contribution in [0, 0.1) is 5.92 Å². The van der Waals surface area contributed by atoms with Gasteiger partial charge in [-0.1, -0.05) is 6.92 Å². The fourth-order valence-corrected chi connectivity index (χ4v) is 2.54. The van der Waals surface area contributed by atoms with Crippen molar-refractivity contribution in [2.24, 2.45) is 11.7 Å². The summed E-state index contributed by atoms with van der Waals surface area (Å²) < 4.78 is 0. The van der Waals surface area contributed by atoms with E-state index in [1.165, 1.54) is 39.1 Å². The van der Waals surface area contributed by atoms with Crippen molar-refractivity contribution < 1.29 is 0 Å². The quantitative estimate of drug-likeness (QED) is 0.709. The Bertz CT molecular complexity index is 193. The lowest BCUT2D eigenvalue weighted by Gasteiger charge is -2.36. The van der Waals surface area contributed by atoms with Crippen molar-refractivity contribution in [1.29, 1.82) is 0 Å². The van der Waals surface area contributed by atoms with E-state index in [9.17, 15) is 0 Å². The molecule has 4 atom stereocenters. The van der Waals surface area contributed by atoms with Gasteiger partial charge in [-0.2, -0.15) is 0 Å². The molecule has 0 aliphatic carbocycles. The largest absolute Gasteiger partial charge is 0.328 e. The minimum absolute atomic E-state index is 0.328. The standard InChI is InChI=1S/C11H23N3/c1-9(10(2)12)7-14-6-5-13-4-3-11(14)8-13/h9-11H,3-8,12H2,1-2H3. The van der Waals surface area contributed by atoms with Gasteiger partial charge in [0, 0.05) is 38.3 Å². The zero-order valence-corrected chi connectivity index (χ0v) is 9.45. The molecule has 2 bridgehead atoms. The number of fused-ring (bicyclic) bond motifs is 2. The van der Waals surface area contributed by atoms with Crippen LogP contribution in [0.2, 0.25) is 0 Å². The number of nitrogens with zero attached hydrogens (tertiary/aromatic N) is 2. The van der Waals surface area contributed by atoms with Crippen molar-refractivity contribution in [3.63, 3.8) is 0 Å². The zero-order valence-electron chi connectivity index (χ0n) is 9.45. The summed E-state index contributed by atoms with van der Waals surface area (Å²) in [6.45, 7) is 10.7. The van der Waals surface area contributed by atoms with Gasteiger partial charge in [0.2, 0.25) is 0 Å². The van der Waals surface area contributed by atoms with Crippen LogP contribution in [0.5, 0.6) is 0 Å². The van der Waals surface area contributed by atoms with Crippen LogP contribution in [0.4, 0.5) is 0 Å². The SMILES string of the molecule is CC(N)C(C)CN1CCN2CCC1C2. The molecule has 0 radical (unpaired) electrons. The predicted molar refractivity (Wildman–Crippen MR) is 59.2 cm³/mol. The topological polar surface area (TPSA) is 32.5 Å². The minimum atomic E-state index is 0.328. The van der Waals surface area contributed by atoms with Crippen molar-refractivity contribution >= 4 is 0 Å². The van der Waals surface area contributed by atoms with Gasteiger partial charge < -0.3 is 10.6 Å². The molecule has 0 saturated carbocycles. The van der Waals surface area contributed by atoms with Crippen LogP contribution >= 0.6 is 0 Å². The van der Waals surface area contributed by atoms with Gasteiger partial charge in [-0.3, -0.25) is 4.90 Å². The molecular weight excluding hydrogens is 174 g/mol. The third-order valence-electron chi connectivity index (χ3n) is 3.89. The maximum absolute atomic E-state index is 5.91. The van der Waals surface area contributed by atoms with Crippen molar-refractivity contribution in [2.75, 3.05) is 32.7 Å². The molecule has 0 aromatic rings. The predicted octanol–water partition coefficient (Wildman–Crippen LogP) is 0.360. The summed E-state index contributed by atoms with van der Waals surface area (Å²) in [5.41, 5.74) is 5.91. The summed E-state index contributed by atoms with van der Waals surface area (Å²) in [5.74, 6) is 0.627. The van der Waals surface area contributed by atoms with Gasteiger partial charge in [0.15, 0.2) is 0 Å². The Labute approximate surface area is 87.2 Å². The molecule has 2 aliphatic heterocycles. The first-order valence-corrected chi connectivity index (χ1v) is 5.89. The average molecular weight is 197 g/mol. The van der Waals surface area contributed by atoms with Gasteiger partial charge in [-0.05, 0) is 25.8 Å². The van der Waals surface area contributed by atoms with Crippen LogP contribution in [0.3, 0.4) is 0 Å². The summed E-state index contributed by atoms with van der Waals surface area (Å²) in [5, 5.41) is 0. The molecule has 0 aromatic carbocycles. The molecule has 2 rings (SSSR count). The normalized spacial score (nSPS) is 37.1. The maximum Gasteiger partial charge on any atom is 0.0236 e. The average Bonchev–Trinajstić information content (AvgIpc) is 2.53. The van der Waals surface area contributed by atoms with Gasteiger partial charge in [-0.15, -0.1) is 0 Å². The number of nitrogens with two attached hydrogens (primary N) is 1. The van der Waals surface area contributed by atoms with Crippen LogP contribution in [0.1, 0.15) is 20.3 Å². The Morgan fingerprint density at radius 1 is 1.29 bits per heavy atom. The Balaban J connectivity index is 1.85. The molecule has 0 amide bonds. The van der Waals surface area contributed by atoms with E-state index < -0.39 is 0 Å². The molecule has 2 saturated heterocycles. The third kappa shape index (κ3) is 2.10. The molecule has 0 aromatic heterocycles. The van der Waals surface area contributed by atoms with Crippen LogP contribution in [-0.4, -0.2) is 54.6 Å². The highest BCUT2D eigenvalue weighted by molar-refractivity contribution is 4.89. The summed E-state index contributed by atoms with van der Waals surface area (Å²) >= 11 is 0. The summed E-state index contributed by atoms with van der Waals surface area (Å²) in [6, 6.07) is 1.15. The van der Waals surface area contributed by atoms with E-state index in [2.05, 4.69) is 23.6 Å². The molecule has 0 spiro atoms. The van der Waals surface area contributed by atoms with Crippen molar-refractivity contribution in [3.8, 4) is 0 Å². The molecule has 2 fully saturated rings. The minimum Gasteiger partial charge on any atom is -0.328 e. The van der Waals surface area contributed by atoms with E-state index in [1.807, 2.05) is 0 Å². The van der Waals surface area contributed by atoms with Gasteiger partial charge in [0.25, 0.3) is 0 Å². The van der Waals surface area contributed by atoms with Crippen LogP contribution in [0.25, 0.3) is 0 Å². The monoisotopic (exact) mass is 197 g/mol. The first-order chi connectivity index (χ1) is 6.66. The zero-order chi connectivity index (χ0) is 10.1. The van der Waals surface area contributed by atoms with E-state index in [0.717, 1.165) is 6.04 Å². The lowest BCUT2D eigenvalue weighted by atomic mass is 10.0. The van der Waals surface area contributed by atoms with E-state index in [-0.39, 0.29) is 0 Å². The Morgan fingerprint density at radius 3 is 2.79 bits per heavy atom. The lowest BCUT2D eigenvalue weighted by molar-refractivity contribution is 0.115. The first kappa shape index (κ1) is 10.4. The lowest BCUT2D eigenvalue weighted by Crippen LogP contribution is -2.49. The third-order valence-corrected chi connectivity index (χ3v) is 3.89. The molecule has 2 heterocycles. The van der Waals surface area contributed by atoms with Crippen molar-refractivity contribution in [1.82, 2.24) is 9.80 Å². The van der Waals surface area contributed by atoms with E-state index in [0.29, 0.717) is 12.0 Å². The Kier molecular flexibility index (Phi) is 3.10. The second-order valence-corrected chi connectivity index (χ2v) is 5.07. The number of rotatable bonds is 3. The number of hydrogen-bond donors (Lipinski definition) is 1. The maximum atomic E-state index is 5.91. The fraction of sp³-hybridized carbons (Fsp3) is 1.00. The van der Waals surface area contributed by atoms with E-state index in [1.54, 1.807) is 0 Å². The van der Waals surface area contributed by atoms with Crippen molar-refractivity contribution in [2.45, 2.75) is 32.4 Å². The molecule has 3 nitrogen and oxygen atoms in total. The highest BCUT2D eigenvalue weighted by Crippen LogP contribution is 2.21. The van der Waals surface area contributed by atoms with Gasteiger partial charge in [0.1, 0.15) is 0 Å². The van der Waals surface area contributed by atoms with E-state index in [4.69, 9.17) is 5.73 Å². The first-order valence-electron chi connectivity index (χ1n) is 5.89. The van der Waals surface area contributed by atoms with Crippen LogP contribution in [0.15, 0.2) is 0 Å². The molecule has 82 valence electrons. The Hall–Kier alpha value is -0.120. The van der Waals surface area contributed by atoms with Crippen LogP contribution < -0.4 is 5.73 Å². The highest BCUT2D eigenvalue weighted by Gasteiger charge is 2.32. The molecule has 2 aliphatic rings. The Morgan fingerprint density at radius 2 is 2.07 bits per heavy atom. The summed E-state index contributed by atoms with van der Waals surface area (Å²) in [6.07, 6.45) is 1.37. The molecule has 3 heteroatoms. The van der Waals surface area contributed by atoms with Gasteiger partial charge in [-0.25, -0.2) is 0 Å². The second kappa shape index (κ2) is 4.17.